The van der Waals surface area contributed by atoms with E-state index in [9.17, 15) is 0 Å². The van der Waals surface area contributed by atoms with Crippen molar-refractivity contribution < 1.29 is 9.47 Å². The number of nitrogens with one attached hydrogen (secondary N) is 2. The first kappa shape index (κ1) is 24.9. The number of benzene rings is 2. The van der Waals surface area contributed by atoms with Gasteiger partial charge in [0.1, 0.15) is 34.6 Å². The van der Waals surface area contributed by atoms with Crippen LogP contribution in [0.1, 0.15) is 38.8 Å². The van der Waals surface area contributed by atoms with Gasteiger partial charge in [-0.2, -0.15) is 0 Å². The van der Waals surface area contributed by atoms with Crippen molar-refractivity contribution in [3.63, 3.8) is 0 Å². The predicted molar refractivity (Wildman–Crippen MR) is 157 cm³/mol. The van der Waals surface area contributed by atoms with Crippen molar-refractivity contribution >= 4 is 45.1 Å². The average Bonchev–Trinajstić information content (AvgIpc) is 3.61. The number of aromatic nitrogens is 4. The zero-order valence-corrected chi connectivity index (χ0v) is 23.0. The lowest BCUT2D eigenvalue weighted by atomic mass is 10.2. The molecule has 5 aromatic rings. The summed E-state index contributed by atoms with van der Waals surface area (Å²) < 4.78 is 12.2. The molecule has 200 valence electrons. The summed E-state index contributed by atoms with van der Waals surface area (Å²) in [5, 5.41) is 0. The molecule has 0 radical (unpaired) electrons. The molecule has 1 aliphatic heterocycles. The van der Waals surface area contributed by atoms with Gasteiger partial charge in [0, 0.05) is 23.2 Å². The van der Waals surface area contributed by atoms with Crippen molar-refractivity contribution in [1.82, 2.24) is 19.9 Å². The molecule has 0 spiro atoms. The fraction of sp³-hybridized carbons (Fsp3) is 0.286. The highest BCUT2D eigenvalue weighted by Gasteiger charge is 2.29. The highest BCUT2D eigenvalue weighted by atomic mass is 32.1. The maximum Gasteiger partial charge on any atom is 0.183 e. The van der Waals surface area contributed by atoms with Crippen LogP contribution in [-0.4, -0.2) is 56.9 Å². The lowest BCUT2D eigenvalue weighted by Gasteiger charge is -2.16. The van der Waals surface area contributed by atoms with E-state index in [0.717, 1.165) is 42.9 Å². The molecule has 0 fully saturated rings. The number of hydrogen-bond donors (Lipinski definition) is 4. The Hall–Kier alpha value is -4.38. The third-order valence-electron chi connectivity index (χ3n) is 6.18. The van der Waals surface area contributed by atoms with Gasteiger partial charge in [-0.25, -0.2) is 9.97 Å². The monoisotopic (exact) mass is 542 g/mol. The Labute approximate surface area is 229 Å². The minimum Gasteiger partial charge on any atom is -0.484 e. The molecule has 3 aromatic heterocycles. The third-order valence-corrected chi connectivity index (χ3v) is 7.34. The first-order chi connectivity index (χ1) is 18.8. The van der Waals surface area contributed by atoms with Gasteiger partial charge in [-0.15, -0.1) is 11.3 Å². The summed E-state index contributed by atoms with van der Waals surface area (Å²) in [5.41, 5.74) is 17.5. The van der Waals surface area contributed by atoms with Crippen LogP contribution in [-0.2, 0) is 0 Å². The van der Waals surface area contributed by atoms with E-state index in [1.54, 1.807) is 0 Å². The molecule has 0 bridgehead atoms. The largest absolute Gasteiger partial charge is 0.484 e. The van der Waals surface area contributed by atoms with Gasteiger partial charge < -0.3 is 30.9 Å². The molecule has 39 heavy (non-hydrogen) atoms. The Morgan fingerprint density at radius 3 is 1.62 bits per heavy atom. The molecule has 0 amide bonds. The lowest BCUT2D eigenvalue weighted by molar-refractivity contribution is 0.174. The van der Waals surface area contributed by atoms with Crippen molar-refractivity contribution in [3.8, 4) is 32.9 Å². The van der Waals surface area contributed by atoms with Gasteiger partial charge >= 0.3 is 0 Å². The smallest absolute Gasteiger partial charge is 0.183 e. The number of aliphatic imine (C=N–C) groups is 2. The lowest BCUT2D eigenvalue weighted by Crippen LogP contribution is -2.15. The molecule has 6 N–H and O–H groups in total. The zero-order valence-electron chi connectivity index (χ0n) is 22.2. The molecule has 0 saturated carbocycles. The fourth-order valence-electron chi connectivity index (χ4n) is 4.52. The molecule has 0 saturated heterocycles. The van der Waals surface area contributed by atoms with Gasteiger partial charge in [0.25, 0.3) is 0 Å². The maximum atomic E-state index is 6.20. The van der Waals surface area contributed by atoms with Crippen molar-refractivity contribution in [3.05, 3.63) is 47.5 Å². The standard InChI is InChI=1S/C28H30N8O2S/c1-13(2)31-25(29)15-5-7-17-19(11-15)35-27(33-17)23-21-22(38-10-9-37-21)24(39-23)28-34-18-8-6-16(12-20(18)36-28)26(30)32-14(3)4/h5-8,11-14H,9-10H2,1-4H3,(H2,29,31)(H2,30,32)(H,33,35)(H,34,36). The van der Waals surface area contributed by atoms with E-state index < -0.39 is 0 Å². The molecular formula is C28H30N8O2S. The number of imidazole rings is 2. The minimum absolute atomic E-state index is 0.113. The summed E-state index contributed by atoms with van der Waals surface area (Å²) in [6.07, 6.45) is 0. The predicted octanol–water partition coefficient (Wildman–Crippen LogP) is 4.83. The highest BCUT2D eigenvalue weighted by Crippen LogP contribution is 2.52. The van der Waals surface area contributed by atoms with Crippen molar-refractivity contribution in [2.45, 2.75) is 39.8 Å². The number of rotatable bonds is 6. The molecule has 6 rings (SSSR count). The van der Waals surface area contributed by atoms with Crippen LogP contribution >= 0.6 is 11.3 Å². The molecule has 10 nitrogen and oxygen atoms in total. The van der Waals surface area contributed by atoms with Gasteiger partial charge in [0.15, 0.2) is 23.1 Å². The van der Waals surface area contributed by atoms with Crippen LogP contribution < -0.4 is 20.9 Å². The van der Waals surface area contributed by atoms with E-state index in [1.807, 2.05) is 64.1 Å². The molecule has 0 atom stereocenters. The Bertz CT molecular complexity index is 1630. The van der Waals surface area contributed by atoms with Gasteiger partial charge in [0.05, 0.1) is 22.1 Å². The molecular weight excluding hydrogens is 512 g/mol. The zero-order chi connectivity index (χ0) is 27.3. The second-order valence-corrected chi connectivity index (χ2v) is 11.0. The van der Waals surface area contributed by atoms with Gasteiger partial charge in [0.2, 0.25) is 0 Å². The minimum atomic E-state index is 0.113. The van der Waals surface area contributed by atoms with Crippen molar-refractivity contribution in [2.24, 2.45) is 21.5 Å². The molecule has 4 heterocycles. The number of H-pyrrole nitrogens is 2. The van der Waals surface area contributed by atoms with Gasteiger partial charge in [-0.1, -0.05) is 0 Å². The van der Waals surface area contributed by atoms with Crippen LogP contribution in [0.5, 0.6) is 11.5 Å². The fourth-order valence-corrected chi connectivity index (χ4v) is 5.60. The number of amidine groups is 2. The highest BCUT2D eigenvalue weighted by molar-refractivity contribution is 7.19. The molecule has 11 heteroatoms. The second-order valence-electron chi connectivity index (χ2n) is 9.97. The molecule has 1 aliphatic rings. The normalized spacial score (nSPS) is 14.3. The molecule has 0 aliphatic carbocycles. The summed E-state index contributed by atoms with van der Waals surface area (Å²) in [7, 11) is 0. The van der Waals surface area contributed by atoms with Crippen LogP contribution in [0.3, 0.4) is 0 Å². The van der Waals surface area contributed by atoms with Crippen LogP contribution in [0.4, 0.5) is 0 Å². The van der Waals surface area contributed by atoms with Crippen LogP contribution in [0.15, 0.2) is 46.4 Å². The van der Waals surface area contributed by atoms with Crippen LogP contribution in [0, 0.1) is 0 Å². The Morgan fingerprint density at radius 1 is 0.769 bits per heavy atom. The number of ether oxygens (including phenoxy) is 2. The number of aromatic amines is 2. The maximum absolute atomic E-state index is 6.20. The molecule has 2 aromatic carbocycles. The van der Waals surface area contributed by atoms with Crippen LogP contribution in [0.25, 0.3) is 43.5 Å². The van der Waals surface area contributed by atoms with E-state index >= 15 is 0 Å². The Morgan fingerprint density at radius 2 is 1.21 bits per heavy atom. The number of hydrogen-bond acceptors (Lipinski definition) is 7. The third kappa shape index (κ3) is 4.69. The number of nitrogens with zero attached hydrogens (tertiary/aromatic N) is 4. The van der Waals surface area contributed by atoms with Gasteiger partial charge in [-0.05, 0) is 64.1 Å². The van der Waals surface area contributed by atoms with E-state index in [0.29, 0.717) is 48.0 Å². The quantitative estimate of drug-likeness (QED) is 0.178. The number of thiophene rings is 1. The second kappa shape index (κ2) is 9.73. The first-order valence-corrected chi connectivity index (χ1v) is 13.7. The summed E-state index contributed by atoms with van der Waals surface area (Å²) in [6.45, 7) is 8.91. The summed E-state index contributed by atoms with van der Waals surface area (Å²) in [5.74, 6) is 3.71. The SMILES string of the molecule is CC(C)N=C(N)c1ccc2nc(-c3sc(-c4nc5ccc(C(N)=NC(C)C)cc5[nH]4)c4c3OCCO4)[nH]c2c1. The number of fused-ring (bicyclic) bond motifs is 3. The number of nitrogens with two attached hydrogens (primary N) is 2. The van der Waals surface area contributed by atoms with Gasteiger partial charge in [-0.3, -0.25) is 9.98 Å². The summed E-state index contributed by atoms with van der Waals surface area (Å²) >= 11 is 1.52. The van der Waals surface area contributed by atoms with E-state index in [-0.39, 0.29) is 12.1 Å². The van der Waals surface area contributed by atoms with E-state index in [4.69, 9.17) is 30.9 Å². The van der Waals surface area contributed by atoms with E-state index in [1.165, 1.54) is 11.3 Å². The Balaban J connectivity index is 1.42. The van der Waals surface area contributed by atoms with Crippen LogP contribution in [0.2, 0.25) is 0 Å². The summed E-state index contributed by atoms with van der Waals surface area (Å²) in [4.78, 5) is 27.1. The average molecular weight is 543 g/mol. The molecule has 0 unspecified atom stereocenters. The summed E-state index contributed by atoms with van der Waals surface area (Å²) in [6, 6.07) is 11.9. The Kier molecular flexibility index (Phi) is 6.22. The van der Waals surface area contributed by atoms with E-state index in [2.05, 4.69) is 20.0 Å². The van der Waals surface area contributed by atoms with Crippen molar-refractivity contribution in [2.75, 3.05) is 13.2 Å². The first-order valence-electron chi connectivity index (χ1n) is 12.9. The topological polar surface area (TPSA) is 153 Å². The van der Waals surface area contributed by atoms with Crippen molar-refractivity contribution in [1.29, 1.82) is 0 Å².